The van der Waals surface area contributed by atoms with Crippen LogP contribution in [0.4, 0.5) is 5.82 Å². The Bertz CT molecular complexity index is 309. The molecule has 0 bridgehead atoms. The summed E-state index contributed by atoms with van der Waals surface area (Å²) in [5.74, 6) is 3.76. The van der Waals surface area contributed by atoms with Crippen LogP contribution in [0.1, 0.15) is 20.3 Å². The fourth-order valence-electron chi connectivity index (χ4n) is 1.26. The maximum absolute atomic E-state index is 5.04. The lowest BCUT2D eigenvalue weighted by molar-refractivity contribution is 0.397. The summed E-state index contributed by atoms with van der Waals surface area (Å²) in [4.78, 5) is 8.11. The number of ether oxygens (including phenoxy) is 1. The first kappa shape index (κ1) is 13.1. The second-order valence-corrected chi connectivity index (χ2v) is 4.87. The van der Waals surface area contributed by atoms with Gasteiger partial charge >= 0.3 is 0 Å². The van der Waals surface area contributed by atoms with Gasteiger partial charge in [0.15, 0.2) is 0 Å². The number of hydrogen-bond acceptors (Lipinski definition) is 5. The highest BCUT2D eigenvalue weighted by atomic mass is 32.2. The summed E-state index contributed by atoms with van der Waals surface area (Å²) in [5, 5.41) is 3.33. The molecule has 1 unspecified atom stereocenters. The second-order valence-electron chi connectivity index (χ2n) is 3.48. The Morgan fingerprint density at radius 1 is 1.50 bits per heavy atom. The molecule has 0 radical (unpaired) electrons. The Morgan fingerprint density at radius 3 is 3.00 bits per heavy atom. The zero-order valence-corrected chi connectivity index (χ0v) is 10.9. The van der Waals surface area contributed by atoms with Gasteiger partial charge in [-0.2, -0.15) is 11.8 Å². The molecule has 0 saturated carbocycles. The summed E-state index contributed by atoms with van der Waals surface area (Å²) < 4.78 is 5.04. The van der Waals surface area contributed by atoms with Crippen molar-refractivity contribution in [1.82, 2.24) is 9.97 Å². The van der Waals surface area contributed by atoms with Crippen LogP contribution in [-0.4, -0.2) is 34.6 Å². The second kappa shape index (κ2) is 7.33. The van der Waals surface area contributed by atoms with Crippen molar-refractivity contribution in [2.24, 2.45) is 0 Å². The third kappa shape index (κ3) is 4.70. The Labute approximate surface area is 101 Å². The number of nitrogens with one attached hydrogen (secondary N) is 1. The van der Waals surface area contributed by atoms with Crippen molar-refractivity contribution in [2.45, 2.75) is 26.3 Å². The predicted octanol–water partition coefficient (Wildman–Crippen LogP) is 2.43. The number of hydrogen-bond donors (Lipinski definition) is 1. The number of rotatable bonds is 7. The molecule has 1 N–H and O–H groups in total. The van der Waals surface area contributed by atoms with E-state index < -0.39 is 0 Å². The van der Waals surface area contributed by atoms with Crippen molar-refractivity contribution >= 4 is 17.6 Å². The first-order valence-corrected chi connectivity index (χ1v) is 6.62. The highest BCUT2D eigenvalue weighted by Gasteiger charge is 2.04. The van der Waals surface area contributed by atoms with E-state index in [9.17, 15) is 0 Å². The third-order valence-corrected chi connectivity index (χ3v) is 3.08. The molecule has 1 rings (SSSR count). The number of nitrogens with zero attached hydrogens (tertiary/aromatic N) is 2. The largest absolute Gasteiger partial charge is 0.481 e. The molecule has 1 heterocycles. The van der Waals surface area contributed by atoms with Gasteiger partial charge in [-0.25, -0.2) is 9.97 Å². The summed E-state index contributed by atoms with van der Waals surface area (Å²) in [6.07, 6.45) is 2.64. The highest BCUT2D eigenvalue weighted by Crippen LogP contribution is 2.13. The van der Waals surface area contributed by atoms with Gasteiger partial charge in [0.1, 0.15) is 12.1 Å². The van der Waals surface area contributed by atoms with Crippen LogP contribution >= 0.6 is 11.8 Å². The van der Waals surface area contributed by atoms with Crippen molar-refractivity contribution in [3.63, 3.8) is 0 Å². The molecule has 0 aromatic carbocycles. The number of methoxy groups -OCH3 is 1. The highest BCUT2D eigenvalue weighted by molar-refractivity contribution is 7.99. The zero-order chi connectivity index (χ0) is 11.8. The third-order valence-electron chi connectivity index (χ3n) is 2.14. The van der Waals surface area contributed by atoms with Gasteiger partial charge in [0.05, 0.1) is 7.11 Å². The normalized spacial score (nSPS) is 12.2. The van der Waals surface area contributed by atoms with Crippen LogP contribution in [0.5, 0.6) is 5.88 Å². The van der Waals surface area contributed by atoms with Crippen LogP contribution in [0.2, 0.25) is 0 Å². The van der Waals surface area contributed by atoms with Crippen molar-refractivity contribution < 1.29 is 4.74 Å². The lowest BCUT2D eigenvalue weighted by atomic mass is 10.2. The van der Waals surface area contributed by atoms with Gasteiger partial charge in [-0.15, -0.1) is 0 Å². The van der Waals surface area contributed by atoms with Crippen LogP contribution in [0, 0.1) is 0 Å². The monoisotopic (exact) mass is 241 g/mol. The first-order valence-electron chi connectivity index (χ1n) is 5.46. The van der Waals surface area contributed by atoms with Gasteiger partial charge in [0.2, 0.25) is 5.88 Å². The fraction of sp³-hybridized carbons (Fsp3) is 0.636. The van der Waals surface area contributed by atoms with Crippen molar-refractivity contribution in [1.29, 1.82) is 0 Å². The van der Waals surface area contributed by atoms with E-state index in [0.29, 0.717) is 11.9 Å². The molecule has 0 fully saturated rings. The van der Waals surface area contributed by atoms with Crippen molar-refractivity contribution in [3.8, 4) is 5.88 Å². The van der Waals surface area contributed by atoms with Gasteiger partial charge < -0.3 is 10.1 Å². The topological polar surface area (TPSA) is 47.0 Å². The Hall–Kier alpha value is -0.970. The zero-order valence-electron chi connectivity index (χ0n) is 10.1. The van der Waals surface area contributed by atoms with Gasteiger partial charge in [-0.05, 0) is 24.9 Å². The molecular weight excluding hydrogens is 222 g/mol. The quantitative estimate of drug-likeness (QED) is 0.743. The molecule has 0 aliphatic rings. The van der Waals surface area contributed by atoms with Crippen molar-refractivity contribution in [3.05, 3.63) is 12.4 Å². The molecule has 16 heavy (non-hydrogen) atoms. The molecule has 4 nitrogen and oxygen atoms in total. The van der Waals surface area contributed by atoms with Gasteiger partial charge in [-0.3, -0.25) is 0 Å². The summed E-state index contributed by atoms with van der Waals surface area (Å²) in [6.45, 7) is 4.34. The molecule has 0 saturated heterocycles. The minimum absolute atomic E-state index is 0.415. The van der Waals surface area contributed by atoms with Crippen LogP contribution in [0.15, 0.2) is 12.4 Å². The molecule has 1 aromatic rings. The van der Waals surface area contributed by atoms with E-state index in [1.54, 1.807) is 7.11 Å². The maximum Gasteiger partial charge on any atom is 0.218 e. The minimum Gasteiger partial charge on any atom is -0.481 e. The van der Waals surface area contributed by atoms with E-state index in [2.05, 4.69) is 29.1 Å². The van der Waals surface area contributed by atoms with Crippen molar-refractivity contribution in [2.75, 3.05) is 23.9 Å². The lowest BCUT2D eigenvalue weighted by Gasteiger charge is -2.14. The maximum atomic E-state index is 5.04. The summed E-state index contributed by atoms with van der Waals surface area (Å²) in [7, 11) is 1.60. The van der Waals surface area contributed by atoms with E-state index in [1.807, 2.05) is 17.8 Å². The molecule has 1 aromatic heterocycles. The molecule has 0 aliphatic carbocycles. The number of anilines is 1. The SMILES string of the molecule is CCSCCC(C)Nc1cc(OC)ncn1. The molecule has 0 aliphatic heterocycles. The minimum atomic E-state index is 0.415. The van der Waals surface area contributed by atoms with E-state index in [-0.39, 0.29) is 0 Å². The lowest BCUT2D eigenvalue weighted by Crippen LogP contribution is -2.17. The number of thioether (sulfide) groups is 1. The predicted molar refractivity (Wildman–Crippen MR) is 69.3 cm³/mol. The molecule has 0 amide bonds. The van der Waals surface area contributed by atoms with Crippen LogP contribution in [0.25, 0.3) is 0 Å². The average molecular weight is 241 g/mol. The van der Waals surface area contributed by atoms with Crippen LogP contribution in [0.3, 0.4) is 0 Å². The summed E-state index contributed by atoms with van der Waals surface area (Å²) >= 11 is 1.96. The average Bonchev–Trinajstić information content (AvgIpc) is 2.29. The molecule has 5 heteroatoms. The molecule has 0 spiro atoms. The van der Waals surface area contributed by atoms with Gasteiger partial charge in [-0.1, -0.05) is 6.92 Å². The first-order chi connectivity index (χ1) is 7.76. The van der Waals surface area contributed by atoms with E-state index in [0.717, 1.165) is 12.2 Å². The van der Waals surface area contributed by atoms with E-state index in [1.165, 1.54) is 17.8 Å². The Balaban J connectivity index is 2.39. The molecule has 1 atom stereocenters. The van der Waals surface area contributed by atoms with Gasteiger partial charge in [0.25, 0.3) is 0 Å². The smallest absolute Gasteiger partial charge is 0.218 e. The van der Waals surface area contributed by atoms with Gasteiger partial charge in [0, 0.05) is 12.1 Å². The molecule has 90 valence electrons. The standard InChI is InChI=1S/C11H19N3OS/c1-4-16-6-5-9(2)14-10-7-11(15-3)13-8-12-10/h7-9H,4-6H2,1-3H3,(H,12,13,14). The fourth-order valence-corrected chi connectivity index (χ4v) is 2.07. The van der Waals surface area contributed by atoms with Crippen LogP contribution < -0.4 is 10.1 Å². The summed E-state index contributed by atoms with van der Waals surface area (Å²) in [5.41, 5.74) is 0. The number of aromatic nitrogens is 2. The van der Waals surface area contributed by atoms with E-state index >= 15 is 0 Å². The molecular formula is C11H19N3OS. The Kier molecular flexibility index (Phi) is 6.00. The van der Waals surface area contributed by atoms with E-state index in [4.69, 9.17) is 4.74 Å². The Morgan fingerprint density at radius 2 is 2.31 bits per heavy atom. The van der Waals surface area contributed by atoms with Crippen LogP contribution in [-0.2, 0) is 0 Å². The summed E-state index contributed by atoms with van der Waals surface area (Å²) in [6, 6.07) is 2.22.